The van der Waals surface area contributed by atoms with Crippen molar-refractivity contribution in [1.29, 1.82) is 0 Å². The van der Waals surface area contributed by atoms with Crippen LogP contribution < -0.4 is 0 Å². The molecule has 0 nitrogen and oxygen atoms in total. The van der Waals surface area contributed by atoms with E-state index in [-0.39, 0.29) is 0 Å². The summed E-state index contributed by atoms with van der Waals surface area (Å²) in [7, 11) is 2.72. The molecule has 0 aliphatic heterocycles. The highest BCUT2D eigenvalue weighted by Crippen LogP contribution is 2.06. The molecule has 0 saturated carbocycles. The molecule has 1 atom stereocenters. The largest absolute Gasteiger partial charge is 0.133 e. The quantitative estimate of drug-likeness (QED) is 0.564. The van der Waals surface area contributed by atoms with Gasteiger partial charge in [-0.15, -0.1) is 9.24 Å². The lowest BCUT2D eigenvalue weighted by atomic mass is 10.2. The topological polar surface area (TPSA) is 0 Å². The maximum Gasteiger partial charge on any atom is -0.0128 e. The van der Waals surface area contributed by atoms with E-state index < -0.39 is 0 Å². The number of hydrogen-bond donors (Lipinski definition) is 0. The number of benzene rings is 1. The Kier molecular flexibility index (Phi) is 6.16. The molecular weight excluding hydrogens is 151 g/mol. The maximum atomic E-state index is 2.72. The van der Waals surface area contributed by atoms with Crippen molar-refractivity contribution in [3.05, 3.63) is 35.4 Å². The van der Waals surface area contributed by atoms with Crippen molar-refractivity contribution >= 4 is 9.24 Å². The van der Waals surface area contributed by atoms with Crippen LogP contribution in [-0.4, -0.2) is 0 Å². The van der Waals surface area contributed by atoms with Gasteiger partial charge in [-0.25, -0.2) is 0 Å². The van der Waals surface area contributed by atoms with E-state index in [0.717, 1.165) is 6.16 Å². The van der Waals surface area contributed by atoms with Gasteiger partial charge < -0.3 is 0 Å². The van der Waals surface area contributed by atoms with E-state index in [0.29, 0.717) is 0 Å². The van der Waals surface area contributed by atoms with Crippen LogP contribution in [0.3, 0.4) is 0 Å². The summed E-state index contributed by atoms with van der Waals surface area (Å²) in [4.78, 5) is 0. The van der Waals surface area contributed by atoms with Crippen LogP contribution >= 0.6 is 9.24 Å². The minimum absolute atomic E-state index is 1.06. The summed E-state index contributed by atoms with van der Waals surface area (Å²) < 4.78 is 0. The Hall–Kier alpha value is -0.350. The Labute approximate surface area is 72.2 Å². The summed E-state index contributed by atoms with van der Waals surface area (Å²) in [5.41, 5.74) is 2.73. The molecule has 0 aliphatic rings. The van der Waals surface area contributed by atoms with E-state index in [2.05, 4.69) is 40.4 Å². The van der Waals surface area contributed by atoms with Crippen LogP contribution in [0.15, 0.2) is 24.3 Å². The van der Waals surface area contributed by atoms with Gasteiger partial charge in [0.05, 0.1) is 0 Å². The third-order valence-electron chi connectivity index (χ3n) is 1.32. The summed E-state index contributed by atoms with van der Waals surface area (Å²) >= 11 is 0. The molecule has 1 rings (SSSR count). The van der Waals surface area contributed by atoms with Crippen LogP contribution in [-0.2, 0) is 6.16 Å². The van der Waals surface area contributed by atoms with Gasteiger partial charge in [-0.05, 0) is 18.6 Å². The van der Waals surface area contributed by atoms with E-state index in [1.807, 2.05) is 13.8 Å². The van der Waals surface area contributed by atoms with E-state index in [4.69, 9.17) is 0 Å². The van der Waals surface area contributed by atoms with Crippen LogP contribution in [0.4, 0.5) is 0 Å². The highest BCUT2D eigenvalue weighted by molar-refractivity contribution is 7.15. The molecule has 0 aliphatic carbocycles. The Bertz CT molecular complexity index is 194. The number of aryl methyl sites for hydroxylation is 1. The molecule has 0 fully saturated rings. The molecule has 62 valence electrons. The van der Waals surface area contributed by atoms with Gasteiger partial charge in [-0.2, -0.15) is 0 Å². The van der Waals surface area contributed by atoms with Gasteiger partial charge in [0, 0.05) is 0 Å². The molecule has 1 unspecified atom stereocenters. The first-order chi connectivity index (χ1) is 5.33. The smallest absolute Gasteiger partial charge is 0.0128 e. The summed E-state index contributed by atoms with van der Waals surface area (Å²) in [6, 6.07) is 8.55. The first-order valence-electron chi connectivity index (χ1n) is 4.08. The lowest BCUT2D eigenvalue weighted by molar-refractivity contribution is 1.36. The Morgan fingerprint density at radius 2 is 1.91 bits per heavy atom. The molecule has 0 bridgehead atoms. The first kappa shape index (κ1) is 10.7. The van der Waals surface area contributed by atoms with Crippen LogP contribution in [0, 0.1) is 6.92 Å². The van der Waals surface area contributed by atoms with E-state index in [1.54, 1.807) is 0 Å². The van der Waals surface area contributed by atoms with Crippen molar-refractivity contribution < 1.29 is 0 Å². The minimum atomic E-state index is 1.06. The lowest BCUT2D eigenvalue weighted by Gasteiger charge is -1.95. The molecule has 0 saturated heterocycles. The molecular formula is C10H17P. The normalized spacial score (nSPS) is 8.36. The van der Waals surface area contributed by atoms with Crippen LogP contribution in [0.5, 0.6) is 0 Å². The number of hydrogen-bond acceptors (Lipinski definition) is 0. The van der Waals surface area contributed by atoms with Crippen LogP contribution in [0.2, 0.25) is 0 Å². The van der Waals surface area contributed by atoms with Gasteiger partial charge in [-0.1, -0.05) is 43.7 Å². The van der Waals surface area contributed by atoms with Crippen molar-refractivity contribution in [2.45, 2.75) is 26.9 Å². The van der Waals surface area contributed by atoms with Crippen molar-refractivity contribution in [2.75, 3.05) is 0 Å². The second kappa shape index (κ2) is 6.37. The predicted octanol–water partition coefficient (Wildman–Crippen LogP) is 3.40. The van der Waals surface area contributed by atoms with Crippen molar-refractivity contribution in [1.82, 2.24) is 0 Å². The van der Waals surface area contributed by atoms with Crippen LogP contribution in [0.25, 0.3) is 0 Å². The maximum absolute atomic E-state index is 2.72. The average molecular weight is 168 g/mol. The second-order valence-electron chi connectivity index (χ2n) is 2.19. The highest BCUT2D eigenvalue weighted by atomic mass is 31.0. The molecule has 0 amide bonds. The standard InChI is InChI=1S/C8H11P.C2H6/c1-7-3-2-4-8(5-7)6-9;1-2/h2-5H,6,9H2,1H3;1-2H3. The van der Waals surface area contributed by atoms with Crippen molar-refractivity contribution in [2.24, 2.45) is 0 Å². The molecule has 0 heterocycles. The average Bonchev–Trinajstić information content (AvgIpc) is 2.08. The molecule has 0 spiro atoms. The molecule has 0 N–H and O–H groups in total. The SMILES string of the molecule is CC.Cc1cccc(CP)c1. The van der Waals surface area contributed by atoms with Gasteiger partial charge in [0.1, 0.15) is 0 Å². The monoisotopic (exact) mass is 168 g/mol. The lowest BCUT2D eigenvalue weighted by Crippen LogP contribution is -1.76. The summed E-state index contributed by atoms with van der Waals surface area (Å²) in [5.74, 6) is 0. The van der Waals surface area contributed by atoms with E-state index in [9.17, 15) is 0 Å². The zero-order chi connectivity index (χ0) is 8.69. The summed E-state index contributed by atoms with van der Waals surface area (Å²) in [6.45, 7) is 6.11. The fraction of sp³-hybridized carbons (Fsp3) is 0.400. The zero-order valence-corrected chi connectivity index (χ0v) is 8.75. The van der Waals surface area contributed by atoms with Gasteiger partial charge in [0.15, 0.2) is 0 Å². The highest BCUT2D eigenvalue weighted by Gasteiger charge is 1.85. The molecule has 0 aromatic heterocycles. The van der Waals surface area contributed by atoms with E-state index >= 15 is 0 Å². The Balaban J connectivity index is 0.000000461. The third-order valence-corrected chi connectivity index (χ3v) is 1.79. The van der Waals surface area contributed by atoms with Gasteiger partial charge >= 0.3 is 0 Å². The van der Waals surface area contributed by atoms with Crippen molar-refractivity contribution in [3.8, 4) is 0 Å². The zero-order valence-electron chi connectivity index (χ0n) is 7.59. The van der Waals surface area contributed by atoms with Crippen LogP contribution in [0.1, 0.15) is 25.0 Å². The predicted molar refractivity (Wildman–Crippen MR) is 55.9 cm³/mol. The van der Waals surface area contributed by atoms with Gasteiger partial charge in [-0.3, -0.25) is 0 Å². The van der Waals surface area contributed by atoms with Gasteiger partial charge in [0.2, 0.25) is 0 Å². The first-order valence-corrected chi connectivity index (χ1v) is 4.90. The molecule has 1 heteroatoms. The Morgan fingerprint density at radius 3 is 2.27 bits per heavy atom. The van der Waals surface area contributed by atoms with Gasteiger partial charge in [0.25, 0.3) is 0 Å². The second-order valence-corrected chi connectivity index (χ2v) is 2.60. The molecule has 1 aromatic carbocycles. The fourth-order valence-corrected chi connectivity index (χ4v) is 1.09. The van der Waals surface area contributed by atoms with E-state index in [1.165, 1.54) is 11.1 Å². The number of rotatable bonds is 1. The fourth-order valence-electron chi connectivity index (χ4n) is 0.839. The molecule has 0 radical (unpaired) electrons. The Morgan fingerprint density at radius 1 is 1.27 bits per heavy atom. The minimum Gasteiger partial charge on any atom is -0.133 e. The third kappa shape index (κ3) is 4.16. The summed E-state index contributed by atoms with van der Waals surface area (Å²) in [6.07, 6.45) is 1.06. The molecule has 1 aromatic rings. The molecule has 11 heavy (non-hydrogen) atoms. The van der Waals surface area contributed by atoms with Crippen molar-refractivity contribution in [3.63, 3.8) is 0 Å². The summed E-state index contributed by atoms with van der Waals surface area (Å²) in [5, 5.41) is 0.